The van der Waals surface area contributed by atoms with Crippen LogP contribution >= 0.6 is 0 Å². The Kier molecular flexibility index (Phi) is 6.13. The molecule has 3 aromatic rings. The van der Waals surface area contributed by atoms with Gasteiger partial charge >= 0.3 is 5.97 Å². The number of ether oxygens (including phenoxy) is 1. The number of esters is 1. The predicted molar refractivity (Wildman–Crippen MR) is 104 cm³/mol. The van der Waals surface area contributed by atoms with Crippen LogP contribution in [0, 0.1) is 5.82 Å². The molecule has 0 radical (unpaired) electrons. The number of carbonyl (C=O) groups excluding carboxylic acids is 3. The van der Waals surface area contributed by atoms with E-state index in [4.69, 9.17) is 4.74 Å². The Morgan fingerprint density at radius 2 is 1.76 bits per heavy atom. The minimum atomic E-state index is -0.706. The number of nitrogens with one attached hydrogen (secondary N) is 2. The van der Waals surface area contributed by atoms with Gasteiger partial charge in [0.15, 0.2) is 6.61 Å². The highest BCUT2D eigenvalue weighted by atomic mass is 19.1. The minimum absolute atomic E-state index is 0.209. The van der Waals surface area contributed by atoms with Crippen LogP contribution < -0.4 is 10.6 Å². The second kappa shape index (κ2) is 8.92. The predicted octanol–water partition coefficient (Wildman–Crippen LogP) is 2.06. The van der Waals surface area contributed by atoms with Crippen molar-refractivity contribution in [2.24, 2.45) is 0 Å². The lowest BCUT2D eigenvalue weighted by molar-refractivity contribution is -0.127. The number of nitrogens with zero attached hydrogens (tertiary/aromatic N) is 1. The number of para-hydroxylation sites is 1. The average molecular weight is 395 g/mol. The zero-order chi connectivity index (χ0) is 20.8. The minimum Gasteiger partial charge on any atom is -0.452 e. The van der Waals surface area contributed by atoms with Crippen LogP contribution in [0.3, 0.4) is 0 Å². The third kappa shape index (κ3) is 4.92. The molecule has 0 atom stereocenters. The van der Waals surface area contributed by atoms with Gasteiger partial charge in [0.1, 0.15) is 5.82 Å². The van der Waals surface area contributed by atoms with E-state index < -0.39 is 18.5 Å². The van der Waals surface area contributed by atoms with Crippen LogP contribution in [-0.4, -0.2) is 43.0 Å². The van der Waals surface area contributed by atoms with E-state index in [0.29, 0.717) is 22.2 Å². The summed E-state index contributed by atoms with van der Waals surface area (Å²) in [5.41, 5.74) is 1.90. The summed E-state index contributed by atoms with van der Waals surface area (Å²) < 4.78 is 18.3. The maximum absolute atomic E-state index is 13.2. The fourth-order valence-electron chi connectivity index (χ4n) is 2.64. The van der Waals surface area contributed by atoms with Gasteiger partial charge in [-0.15, -0.1) is 0 Å². The number of rotatable bonds is 6. The molecule has 7 nitrogen and oxygen atoms in total. The summed E-state index contributed by atoms with van der Waals surface area (Å²) >= 11 is 0. The Balaban J connectivity index is 1.83. The largest absolute Gasteiger partial charge is 0.452 e. The fraction of sp³-hybridized carbons (Fsp3) is 0.143. The van der Waals surface area contributed by atoms with Gasteiger partial charge in [-0.25, -0.2) is 14.2 Å². The maximum atomic E-state index is 13.2. The summed E-state index contributed by atoms with van der Waals surface area (Å²) in [6, 6.07) is 14.3. The maximum Gasteiger partial charge on any atom is 0.339 e. The van der Waals surface area contributed by atoms with Crippen LogP contribution in [0.5, 0.6) is 0 Å². The number of carbonyl (C=O) groups is 3. The third-order valence-electron chi connectivity index (χ3n) is 4.14. The molecule has 0 saturated carbocycles. The fourth-order valence-corrected chi connectivity index (χ4v) is 2.64. The molecule has 2 aromatic carbocycles. The molecule has 1 heterocycles. The number of likely N-dealkylation sites (N-methyl/N-ethyl adjacent to an activating group) is 1. The average Bonchev–Trinajstić information content (AvgIpc) is 2.75. The highest BCUT2D eigenvalue weighted by molar-refractivity contribution is 6.05. The summed E-state index contributed by atoms with van der Waals surface area (Å²) in [7, 11) is 1.45. The summed E-state index contributed by atoms with van der Waals surface area (Å²) in [6.45, 7) is -0.738. The molecule has 0 aliphatic carbocycles. The highest BCUT2D eigenvalue weighted by Gasteiger charge is 2.16. The van der Waals surface area contributed by atoms with E-state index in [1.54, 1.807) is 42.5 Å². The van der Waals surface area contributed by atoms with Gasteiger partial charge in [-0.3, -0.25) is 9.59 Å². The Morgan fingerprint density at radius 3 is 2.48 bits per heavy atom. The van der Waals surface area contributed by atoms with Crippen molar-refractivity contribution >= 4 is 28.7 Å². The van der Waals surface area contributed by atoms with Crippen LogP contribution in [0.4, 0.5) is 4.39 Å². The molecule has 2 amide bonds. The molecule has 1 aromatic heterocycles. The van der Waals surface area contributed by atoms with Crippen molar-refractivity contribution in [2.45, 2.75) is 0 Å². The first kappa shape index (κ1) is 19.9. The topological polar surface area (TPSA) is 97.4 Å². The van der Waals surface area contributed by atoms with Gasteiger partial charge < -0.3 is 15.4 Å². The second-order valence-electron chi connectivity index (χ2n) is 6.11. The summed E-state index contributed by atoms with van der Waals surface area (Å²) in [6.07, 6.45) is 0. The molecule has 0 aliphatic heterocycles. The lowest BCUT2D eigenvalue weighted by Gasteiger charge is -2.10. The number of fused-ring (bicyclic) bond motifs is 1. The molecular formula is C21H18FN3O4. The van der Waals surface area contributed by atoms with E-state index in [-0.39, 0.29) is 23.8 Å². The van der Waals surface area contributed by atoms with Crippen molar-refractivity contribution in [2.75, 3.05) is 20.2 Å². The first-order valence-electron chi connectivity index (χ1n) is 8.78. The van der Waals surface area contributed by atoms with E-state index in [1.165, 1.54) is 19.2 Å². The number of hydrogen-bond acceptors (Lipinski definition) is 5. The van der Waals surface area contributed by atoms with E-state index in [1.807, 2.05) is 0 Å². The molecule has 3 rings (SSSR count). The molecule has 0 saturated heterocycles. The SMILES string of the molecule is CNC(=O)CNC(=O)COC(=O)c1cc(-c2ccc(F)cc2)nc2ccccc12. The van der Waals surface area contributed by atoms with Crippen molar-refractivity contribution in [1.29, 1.82) is 0 Å². The molecule has 2 N–H and O–H groups in total. The van der Waals surface area contributed by atoms with Crippen LogP contribution in [0.1, 0.15) is 10.4 Å². The lowest BCUT2D eigenvalue weighted by Crippen LogP contribution is -2.37. The second-order valence-corrected chi connectivity index (χ2v) is 6.11. The molecule has 0 spiro atoms. The van der Waals surface area contributed by atoms with E-state index in [9.17, 15) is 18.8 Å². The first-order chi connectivity index (χ1) is 14.0. The van der Waals surface area contributed by atoms with Crippen molar-refractivity contribution in [3.8, 4) is 11.3 Å². The molecule has 148 valence electrons. The van der Waals surface area contributed by atoms with Gasteiger partial charge in [0.05, 0.1) is 23.3 Å². The van der Waals surface area contributed by atoms with E-state index in [2.05, 4.69) is 15.6 Å². The van der Waals surface area contributed by atoms with Crippen molar-refractivity contribution < 1.29 is 23.5 Å². The number of amides is 2. The van der Waals surface area contributed by atoms with E-state index >= 15 is 0 Å². The lowest BCUT2D eigenvalue weighted by atomic mass is 10.0. The van der Waals surface area contributed by atoms with Crippen LogP contribution in [0.2, 0.25) is 0 Å². The zero-order valence-electron chi connectivity index (χ0n) is 15.6. The van der Waals surface area contributed by atoms with Gasteiger partial charge in [0.25, 0.3) is 5.91 Å². The number of aromatic nitrogens is 1. The Bertz CT molecular complexity index is 1070. The molecule has 0 unspecified atom stereocenters. The van der Waals surface area contributed by atoms with Gasteiger partial charge in [-0.1, -0.05) is 18.2 Å². The number of benzene rings is 2. The molecule has 8 heteroatoms. The third-order valence-corrected chi connectivity index (χ3v) is 4.14. The monoisotopic (exact) mass is 395 g/mol. The molecule has 0 fully saturated rings. The Labute approximate surface area is 165 Å². The quantitative estimate of drug-likeness (QED) is 0.623. The summed E-state index contributed by atoms with van der Waals surface area (Å²) in [5.74, 6) is -2.05. The molecule has 29 heavy (non-hydrogen) atoms. The Morgan fingerprint density at radius 1 is 1.03 bits per heavy atom. The Hall–Kier alpha value is -3.81. The standard InChI is InChI=1S/C21H18FN3O4/c1-23-19(26)11-24-20(27)12-29-21(28)16-10-18(13-6-8-14(22)9-7-13)25-17-5-3-2-4-15(16)17/h2-10H,11-12H2,1H3,(H,23,26)(H,24,27). The number of hydrogen-bond donors (Lipinski definition) is 2. The van der Waals surface area contributed by atoms with Crippen molar-refractivity contribution in [3.05, 3.63) is 66.0 Å². The first-order valence-corrected chi connectivity index (χ1v) is 8.78. The van der Waals surface area contributed by atoms with Gasteiger partial charge in [0.2, 0.25) is 5.91 Å². The smallest absolute Gasteiger partial charge is 0.339 e. The van der Waals surface area contributed by atoms with Crippen LogP contribution in [-0.2, 0) is 14.3 Å². The van der Waals surface area contributed by atoms with E-state index in [0.717, 1.165) is 0 Å². The summed E-state index contributed by atoms with van der Waals surface area (Å²) in [4.78, 5) is 40.1. The van der Waals surface area contributed by atoms with Crippen LogP contribution in [0.15, 0.2) is 54.6 Å². The normalized spacial score (nSPS) is 10.4. The zero-order valence-corrected chi connectivity index (χ0v) is 15.6. The molecular weight excluding hydrogens is 377 g/mol. The van der Waals surface area contributed by atoms with Gasteiger partial charge in [-0.2, -0.15) is 0 Å². The number of halogens is 1. The van der Waals surface area contributed by atoms with Gasteiger partial charge in [-0.05, 0) is 36.4 Å². The highest BCUT2D eigenvalue weighted by Crippen LogP contribution is 2.25. The van der Waals surface area contributed by atoms with Crippen LogP contribution in [0.25, 0.3) is 22.2 Å². The number of pyridine rings is 1. The van der Waals surface area contributed by atoms with Crippen molar-refractivity contribution in [3.63, 3.8) is 0 Å². The summed E-state index contributed by atoms with van der Waals surface area (Å²) in [5, 5.41) is 5.27. The van der Waals surface area contributed by atoms with Gasteiger partial charge in [0, 0.05) is 18.0 Å². The molecule has 0 aliphatic rings. The van der Waals surface area contributed by atoms with Crippen molar-refractivity contribution in [1.82, 2.24) is 15.6 Å². The molecule has 0 bridgehead atoms.